The molecule has 6 heteroatoms. The zero-order valence-corrected chi connectivity index (χ0v) is 15.0. The van der Waals surface area contributed by atoms with Gasteiger partial charge in [-0.25, -0.2) is 4.99 Å². The van der Waals surface area contributed by atoms with Crippen LogP contribution in [0.1, 0.15) is 5.56 Å². The van der Waals surface area contributed by atoms with Crippen molar-refractivity contribution in [1.29, 1.82) is 0 Å². The predicted molar refractivity (Wildman–Crippen MR) is 96.4 cm³/mol. The molecule has 1 fully saturated rings. The average molecular weight is 362 g/mol. The Hall–Kier alpha value is -1.75. The Kier molecular flexibility index (Phi) is 4.99. The van der Waals surface area contributed by atoms with Crippen LogP contribution in [0.15, 0.2) is 47.5 Å². The summed E-state index contributed by atoms with van der Waals surface area (Å²) in [7, 11) is 2.16. The van der Waals surface area contributed by atoms with E-state index in [0.717, 1.165) is 54.6 Å². The molecule has 4 nitrogen and oxygen atoms in total. The molecule has 1 N–H and O–H groups in total. The van der Waals surface area contributed by atoms with E-state index in [-0.39, 0.29) is 12.4 Å². The number of aliphatic imine (C=N–C) groups is 1. The van der Waals surface area contributed by atoms with Gasteiger partial charge in [-0.2, -0.15) is 0 Å². The fourth-order valence-electron chi connectivity index (χ4n) is 3.07. The number of piperazine rings is 1. The van der Waals surface area contributed by atoms with Crippen LogP contribution in [0.3, 0.4) is 0 Å². The summed E-state index contributed by atoms with van der Waals surface area (Å²) < 4.78 is 0. The van der Waals surface area contributed by atoms with Gasteiger partial charge in [-0.15, -0.1) is 0 Å². The molecule has 2 aliphatic heterocycles. The second-order valence-corrected chi connectivity index (χ2v) is 6.49. The number of amidine groups is 1. The lowest BCUT2D eigenvalue weighted by atomic mass is 10.1. The van der Waals surface area contributed by atoms with Crippen LogP contribution >= 0.6 is 11.6 Å². The molecule has 0 atom stereocenters. The maximum absolute atomic E-state index is 6.18. The van der Waals surface area contributed by atoms with Crippen LogP contribution in [0.5, 0.6) is 0 Å². The second-order valence-electron chi connectivity index (χ2n) is 6.06. The highest BCUT2D eigenvalue weighted by atomic mass is 35.5. The zero-order chi connectivity index (χ0) is 15.8. The van der Waals surface area contributed by atoms with E-state index in [1.807, 2.05) is 24.3 Å². The van der Waals surface area contributed by atoms with E-state index in [4.69, 9.17) is 16.6 Å². The van der Waals surface area contributed by atoms with Crippen molar-refractivity contribution in [3.8, 4) is 0 Å². The van der Waals surface area contributed by atoms with E-state index in [0.29, 0.717) is 5.02 Å². The minimum absolute atomic E-state index is 0. The van der Waals surface area contributed by atoms with Gasteiger partial charge in [0.05, 0.1) is 11.4 Å². The first kappa shape index (κ1) is 17.1. The van der Waals surface area contributed by atoms with Crippen molar-refractivity contribution in [2.45, 2.75) is 0 Å². The van der Waals surface area contributed by atoms with Crippen molar-refractivity contribution in [2.24, 2.45) is 4.99 Å². The van der Waals surface area contributed by atoms with E-state index >= 15 is 0 Å². The number of anilines is 2. The van der Waals surface area contributed by atoms with Crippen LogP contribution in [0.2, 0.25) is 5.02 Å². The summed E-state index contributed by atoms with van der Waals surface area (Å²) >= 11 is 6.18. The third kappa shape index (κ3) is 3.22. The summed E-state index contributed by atoms with van der Waals surface area (Å²) in [5.41, 5.74) is 4.12. The highest BCUT2D eigenvalue weighted by Gasteiger charge is 2.23. The Morgan fingerprint density at radius 2 is 1.75 bits per heavy atom. The lowest BCUT2D eigenvalue weighted by Gasteiger charge is -2.34. The molecule has 2 aromatic rings. The Bertz CT molecular complexity index is 767. The summed E-state index contributed by atoms with van der Waals surface area (Å²) in [4.78, 5) is 9.69. The second kappa shape index (κ2) is 7.01. The molecule has 0 aromatic heterocycles. The molecular formula is C18H19Cl2N4-. The number of nitrogens with one attached hydrogen (secondary N) is 1. The Morgan fingerprint density at radius 3 is 2.54 bits per heavy atom. The molecule has 0 saturated carbocycles. The van der Waals surface area contributed by atoms with Gasteiger partial charge in [0.1, 0.15) is 5.84 Å². The molecule has 126 valence electrons. The number of hydrogen-bond acceptors (Lipinski definition) is 4. The third-order valence-corrected chi connectivity index (χ3v) is 4.66. The Balaban J connectivity index is 0.00000169. The van der Waals surface area contributed by atoms with Gasteiger partial charge in [-0.05, 0) is 37.4 Å². The van der Waals surface area contributed by atoms with Gasteiger partial charge in [0.15, 0.2) is 0 Å². The summed E-state index contributed by atoms with van der Waals surface area (Å²) in [5.74, 6) is 1.03. The van der Waals surface area contributed by atoms with E-state index in [2.05, 4.69) is 40.4 Å². The number of rotatable bonds is 0. The quantitative estimate of drug-likeness (QED) is 0.750. The Labute approximate surface area is 153 Å². The Morgan fingerprint density at radius 1 is 1.00 bits per heavy atom. The number of fused-ring (bicyclic) bond motifs is 2. The van der Waals surface area contributed by atoms with Crippen molar-refractivity contribution in [1.82, 2.24) is 9.80 Å². The fourth-order valence-corrected chi connectivity index (χ4v) is 3.24. The number of para-hydroxylation sites is 1. The molecule has 0 aliphatic carbocycles. The minimum atomic E-state index is 0. The highest BCUT2D eigenvalue weighted by molar-refractivity contribution is 6.31. The summed E-state index contributed by atoms with van der Waals surface area (Å²) in [6, 6.07) is 14.2. The van der Waals surface area contributed by atoms with Crippen LogP contribution in [-0.2, 0) is 0 Å². The van der Waals surface area contributed by atoms with Crippen LogP contribution in [0, 0.1) is 0 Å². The average Bonchev–Trinajstić information content (AvgIpc) is 2.72. The minimum Gasteiger partial charge on any atom is -1.00 e. The number of hydrogen-bond donors (Lipinski definition) is 1. The molecule has 0 bridgehead atoms. The van der Waals surface area contributed by atoms with E-state index in [9.17, 15) is 0 Å². The monoisotopic (exact) mass is 361 g/mol. The molecule has 0 spiro atoms. The van der Waals surface area contributed by atoms with Crippen molar-refractivity contribution < 1.29 is 12.4 Å². The molecule has 2 aromatic carbocycles. The first-order valence-corrected chi connectivity index (χ1v) is 8.27. The van der Waals surface area contributed by atoms with E-state index in [1.54, 1.807) is 0 Å². The molecule has 2 aliphatic rings. The largest absolute Gasteiger partial charge is 1.00 e. The summed E-state index contributed by atoms with van der Waals surface area (Å²) in [6.45, 7) is 4.08. The third-order valence-electron chi connectivity index (χ3n) is 4.43. The van der Waals surface area contributed by atoms with Gasteiger partial charge < -0.3 is 27.5 Å². The zero-order valence-electron chi connectivity index (χ0n) is 13.5. The smallest absolute Gasteiger partial charge is 0.138 e. The summed E-state index contributed by atoms with van der Waals surface area (Å²) in [6.07, 6.45) is 0. The van der Waals surface area contributed by atoms with Crippen molar-refractivity contribution >= 4 is 34.5 Å². The standard InChI is InChI=1S/C18H19ClN4.ClH/c1-22-8-10-23(11-9-22)18-14-4-2-3-5-15(14)20-16-7-6-13(19)12-17(16)21-18;/h2-7,12,20H,8-11H2,1H3;1H/p-1. The molecule has 4 rings (SSSR count). The number of halogens is 2. The predicted octanol–water partition coefficient (Wildman–Crippen LogP) is 0.727. The fraction of sp³-hybridized carbons (Fsp3) is 0.278. The summed E-state index contributed by atoms with van der Waals surface area (Å²) in [5, 5.41) is 4.20. The number of benzene rings is 2. The van der Waals surface area contributed by atoms with Crippen molar-refractivity contribution in [3.05, 3.63) is 53.1 Å². The van der Waals surface area contributed by atoms with Gasteiger partial charge in [0.25, 0.3) is 0 Å². The van der Waals surface area contributed by atoms with Crippen LogP contribution in [0.25, 0.3) is 0 Å². The first-order valence-electron chi connectivity index (χ1n) is 7.89. The lowest BCUT2D eigenvalue weighted by molar-refractivity contribution is -0.00000456. The first-order chi connectivity index (χ1) is 11.2. The molecule has 0 amide bonds. The molecular weight excluding hydrogens is 343 g/mol. The number of likely N-dealkylation sites (N-methyl/N-ethyl adjacent to an activating group) is 1. The molecule has 24 heavy (non-hydrogen) atoms. The topological polar surface area (TPSA) is 30.9 Å². The van der Waals surface area contributed by atoms with Gasteiger partial charge >= 0.3 is 0 Å². The van der Waals surface area contributed by atoms with Crippen LogP contribution < -0.4 is 17.7 Å². The van der Waals surface area contributed by atoms with Crippen LogP contribution in [-0.4, -0.2) is 48.9 Å². The van der Waals surface area contributed by atoms with Crippen molar-refractivity contribution in [2.75, 3.05) is 38.5 Å². The highest BCUT2D eigenvalue weighted by Crippen LogP contribution is 2.36. The van der Waals surface area contributed by atoms with Crippen molar-refractivity contribution in [3.63, 3.8) is 0 Å². The number of nitrogens with zero attached hydrogens (tertiary/aromatic N) is 3. The molecule has 1 saturated heterocycles. The molecule has 2 heterocycles. The van der Waals surface area contributed by atoms with Crippen LogP contribution in [0.4, 0.5) is 17.1 Å². The van der Waals surface area contributed by atoms with E-state index < -0.39 is 0 Å². The van der Waals surface area contributed by atoms with E-state index in [1.165, 1.54) is 0 Å². The normalized spacial score (nSPS) is 16.9. The lowest BCUT2D eigenvalue weighted by Crippen LogP contribution is -3.00. The van der Waals surface area contributed by atoms with Gasteiger partial charge in [-0.3, -0.25) is 0 Å². The van der Waals surface area contributed by atoms with Gasteiger partial charge in [0.2, 0.25) is 0 Å². The maximum Gasteiger partial charge on any atom is 0.138 e. The van der Waals surface area contributed by atoms with Gasteiger partial charge in [0, 0.05) is 42.5 Å². The van der Waals surface area contributed by atoms with Gasteiger partial charge in [-0.1, -0.05) is 23.7 Å². The SMILES string of the molecule is CN1CCN(C2=Nc3cc(Cl)ccc3Nc3ccccc32)CC1.[Cl-]. The molecule has 0 radical (unpaired) electrons. The maximum atomic E-state index is 6.18. The molecule has 0 unspecified atom stereocenters.